The lowest BCUT2D eigenvalue weighted by Gasteiger charge is -2.00. The van der Waals surface area contributed by atoms with E-state index in [0.29, 0.717) is 0 Å². The fraction of sp³-hybridized carbons (Fsp3) is 0.250. The minimum Gasteiger partial charge on any atom is -0.497 e. The number of hydrogen-bond donors (Lipinski definition) is 3. The van der Waals surface area contributed by atoms with Gasteiger partial charge >= 0.3 is 0 Å². The van der Waals surface area contributed by atoms with Crippen LogP contribution in [0.3, 0.4) is 0 Å². The van der Waals surface area contributed by atoms with Crippen molar-refractivity contribution >= 4 is 17.5 Å². The van der Waals surface area contributed by atoms with E-state index in [1.807, 2.05) is 64.5 Å². The molecule has 3 aromatic heterocycles. The first-order chi connectivity index (χ1) is 13.1. The van der Waals surface area contributed by atoms with Crippen molar-refractivity contribution in [1.29, 1.82) is 0 Å². The Labute approximate surface area is 161 Å². The SMILES string of the molecule is CNc1cc(C)ccn1.CNc1cc(OC)ccn1.CNc1ccccn1. The average molecular weight is 368 g/mol. The largest absolute Gasteiger partial charge is 0.497 e. The highest BCUT2D eigenvalue weighted by Crippen LogP contribution is 2.12. The van der Waals surface area contributed by atoms with Crippen molar-refractivity contribution in [2.75, 3.05) is 44.2 Å². The molecule has 0 amide bonds. The fourth-order valence-electron chi connectivity index (χ4n) is 1.86. The molecule has 0 aromatic carbocycles. The topological polar surface area (TPSA) is 84.0 Å². The molecule has 0 fully saturated rings. The molecule has 0 aliphatic rings. The van der Waals surface area contributed by atoms with E-state index in [0.717, 1.165) is 23.2 Å². The summed E-state index contributed by atoms with van der Waals surface area (Å²) in [4.78, 5) is 12.0. The predicted octanol–water partition coefficient (Wildman–Crippen LogP) is 3.69. The third-order valence-corrected chi connectivity index (χ3v) is 3.32. The van der Waals surface area contributed by atoms with Gasteiger partial charge in [0.05, 0.1) is 7.11 Å². The first kappa shape index (κ1) is 21.7. The summed E-state index contributed by atoms with van der Waals surface area (Å²) in [6.07, 6.45) is 5.25. The lowest BCUT2D eigenvalue weighted by atomic mass is 10.3. The van der Waals surface area contributed by atoms with E-state index in [2.05, 4.69) is 30.9 Å². The molecule has 0 atom stereocenters. The van der Waals surface area contributed by atoms with Gasteiger partial charge in [-0.1, -0.05) is 6.07 Å². The molecule has 27 heavy (non-hydrogen) atoms. The molecule has 0 bridgehead atoms. The molecule has 0 radical (unpaired) electrons. The number of ether oxygens (including phenoxy) is 1. The second-order valence-electron chi connectivity index (χ2n) is 5.26. The molecule has 0 aliphatic carbocycles. The normalized spacial score (nSPS) is 8.93. The van der Waals surface area contributed by atoms with E-state index >= 15 is 0 Å². The third-order valence-electron chi connectivity index (χ3n) is 3.32. The first-order valence-electron chi connectivity index (χ1n) is 8.50. The van der Waals surface area contributed by atoms with E-state index in [-0.39, 0.29) is 0 Å². The average Bonchev–Trinajstić information content (AvgIpc) is 2.75. The summed E-state index contributed by atoms with van der Waals surface area (Å²) in [6.45, 7) is 2.04. The number of anilines is 3. The van der Waals surface area contributed by atoms with Crippen LogP contribution in [0.1, 0.15) is 5.56 Å². The van der Waals surface area contributed by atoms with Crippen molar-refractivity contribution < 1.29 is 4.74 Å². The molecule has 7 nitrogen and oxygen atoms in total. The Morgan fingerprint density at radius 1 is 0.704 bits per heavy atom. The van der Waals surface area contributed by atoms with Crippen molar-refractivity contribution in [1.82, 2.24) is 15.0 Å². The zero-order valence-corrected chi connectivity index (χ0v) is 16.5. The zero-order valence-electron chi connectivity index (χ0n) is 16.5. The van der Waals surface area contributed by atoms with Crippen molar-refractivity contribution in [3.63, 3.8) is 0 Å². The second kappa shape index (κ2) is 12.9. The van der Waals surface area contributed by atoms with Crippen LogP contribution in [0.25, 0.3) is 0 Å². The van der Waals surface area contributed by atoms with Crippen LogP contribution >= 0.6 is 0 Å². The molecule has 3 heterocycles. The molecule has 7 heteroatoms. The maximum atomic E-state index is 4.98. The summed E-state index contributed by atoms with van der Waals surface area (Å²) >= 11 is 0. The number of aryl methyl sites for hydroxylation is 1. The maximum Gasteiger partial charge on any atom is 0.129 e. The van der Waals surface area contributed by atoms with Gasteiger partial charge < -0.3 is 20.7 Å². The predicted molar refractivity (Wildman–Crippen MR) is 113 cm³/mol. The second-order valence-corrected chi connectivity index (χ2v) is 5.26. The zero-order chi connectivity index (χ0) is 19.9. The standard InChI is InChI=1S/C7H10N2O.C7H10N2.C6H8N2/c1-8-7-5-6(10-2)3-4-9-7;1-6-3-4-9-7(5-6)8-2;1-7-6-4-2-3-5-8-6/h3-5H,1-2H3,(H,8,9);3-5H,1-2H3,(H,8,9);2-5H,1H3,(H,7,8). The summed E-state index contributed by atoms with van der Waals surface area (Å²) < 4.78 is 4.98. The van der Waals surface area contributed by atoms with Gasteiger partial charge in [0.1, 0.15) is 23.2 Å². The van der Waals surface area contributed by atoms with Gasteiger partial charge in [-0.3, -0.25) is 0 Å². The Morgan fingerprint density at radius 2 is 1.30 bits per heavy atom. The lowest BCUT2D eigenvalue weighted by molar-refractivity contribution is 0.414. The van der Waals surface area contributed by atoms with E-state index in [1.54, 1.807) is 31.8 Å². The number of nitrogens with zero attached hydrogens (tertiary/aromatic N) is 3. The molecule has 3 aromatic rings. The summed E-state index contributed by atoms with van der Waals surface area (Å²) in [6, 6.07) is 13.4. The Kier molecular flexibility index (Phi) is 10.4. The molecule has 3 rings (SSSR count). The molecule has 0 spiro atoms. The minimum atomic E-state index is 0.819. The number of aromatic nitrogens is 3. The van der Waals surface area contributed by atoms with Crippen LogP contribution in [0.2, 0.25) is 0 Å². The minimum absolute atomic E-state index is 0.819. The molecular weight excluding hydrogens is 340 g/mol. The van der Waals surface area contributed by atoms with E-state index < -0.39 is 0 Å². The van der Waals surface area contributed by atoms with Gasteiger partial charge in [-0.2, -0.15) is 0 Å². The monoisotopic (exact) mass is 368 g/mol. The van der Waals surface area contributed by atoms with E-state index in [4.69, 9.17) is 4.74 Å². The highest BCUT2D eigenvalue weighted by molar-refractivity contribution is 5.39. The van der Waals surface area contributed by atoms with Crippen LogP contribution in [0.5, 0.6) is 5.75 Å². The quantitative estimate of drug-likeness (QED) is 0.648. The summed E-state index contributed by atoms with van der Waals surface area (Å²) in [5, 5.41) is 8.78. The first-order valence-corrected chi connectivity index (χ1v) is 8.50. The number of rotatable bonds is 4. The summed E-state index contributed by atoms with van der Waals surface area (Å²) in [7, 11) is 7.17. The molecule has 0 saturated heterocycles. The summed E-state index contributed by atoms with van der Waals surface area (Å²) in [5.41, 5.74) is 1.23. The van der Waals surface area contributed by atoms with Gasteiger partial charge in [0.25, 0.3) is 0 Å². The van der Waals surface area contributed by atoms with Crippen molar-refractivity contribution in [2.45, 2.75) is 6.92 Å². The van der Waals surface area contributed by atoms with Crippen LogP contribution in [0.15, 0.2) is 61.1 Å². The van der Waals surface area contributed by atoms with Gasteiger partial charge in [0.15, 0.2) is 0 Å². The third kappa shape index (κ3) is 9.06. The van der Waals surface area contributed by atoms with Crippen LogP contribution in [-0.2, 0) is 0 Å². The van der Waals surface area contributed by atoms with Crippen molar-refractivity contribution in [3.05, 3.63) is 66.6 Å². The van der Waals surface area contributed by atoms with Crippen LogP contribution in [0.4, 0.5) is 17.5 Å². The van der Waals surface area contributed by atoms with Gasteiger partial charge in [0, 0.05) is 45.8 Å². The summed E-state index contributed by atoms with van der Waals surface area (Å²) in [5.74, 6) is 3.47. The van der Waals surface area contributed by atoms with Crippen molar-refractivity contribution in [3.8, 4) is 5.75 Å². The van der Waals surface area contributed by atoms with Gasteiger partial charge in [0.2, 0.25) is 0 Å². The highest BCUT2D eigenvalue weighted by atomic mass is 16.5. The maximum absolute atomic E-state index is 4.98. The van der Waals surface area contributed by atoms with E-state index in [1.165, 1.54) is 5.56 Å². The molecule has 0 aliphatic heterocycles. The number of nitrogens with one attached hydrogen (secondary N) is 3. The molecular formula is C20H28N6O. The van der Waals surface area contributed by atoms with Crippen LogP contribution in [-0.4, -0.2) is 43.2 Å². The molecule has 144 valence electrons. The van der Waals surface area contributed by atoms with Gasteiger partial charge in [-0.25, -0.2) is 15.0 Å². The Hall–Kier alpha value is -3.35. The van der Waals surface area contributed by atoms with Gasteiger partial charge in [-0.05, 0) is 42.8 Å². The Balaban J connectivity index is 0.000000204. The van der Waals surface area contributed by atoms with Crippen molar-refractivity contribution in [2.24, 2.45) is 0 Å². The number of hydrogen-bond acceptors (Lipinski definition) is 7. The molecule has 3 N–H and O–H groups in total. The highest BCUT2D eigenvalue weighted by Gasteiger charge is 1.91. The van der Waals surface area contributed by atoms with Crippen LogP contribution < -0.4 is 20.7 Å². The number of pyridine rings is 3. The smallest absolute Gasteiger partial charge is 0.129 e. The van der Waals surface area contributed by atoms with Gasteiger partial charge in [-0.15, -0.1) is 0 Å². The number of methoxy groups -OCH3 is 1. The lowest BCUT2D eigenvalue weighted by Crippen LogP contribution is -1.92. The Morgan fingerprint density at radius 3 is 1.74 bits per heavy atom. The fourth-order valence-corrected chi connectivity index (χ4v) is 1.86. The van der Waals surface area contributed by atoms with E-state index in [9.17, 15) is 0 Å². The molecule has 0 unspecified atom stereocenters. The van der Waals surface area contributed by atoms with Crippen LogP contribution in [0, 0.1) is 6.92 Å². The Bertz CT molecular complexity index is 748. The molecule has 0 saturated carbocycles.